The normalized spacial score (nSPS) is 13.0. The highest BCUT2D eigenvalue weighted by atomic mass is 79.9. The van der Waals surface area contributed by atoms with E-state index in [1.165, 1.54) is 0 Å². The lowest BCUT2D eigenvalue weighted by atomic mass is 10.2. The van der Waals surface area contributed by atoms with Crippen molar-refractivity contribution >= 4 is 28.2 Å². The summed E-state index contributed by atoms with van der Waals surface area (Å²) in [6.45, 7) is 2.20. The molecule has 0 radical (unpaired) electrons. The van der Waals surface area contributed by atoms with Crippen LogP contribution in [0.15, 0.2) is 57.9 Å². The molecule has 1 aromatic carbocycles. The van der Waals surface area contributed by atoms with Gasteiger partial charge in [-0.05, 0) is 42.3 Å². The Balaban J connectivity index is 1.98. The Morgan fingerprint density at radius 2 is 2.20 bits per heavy atom. The fourth-order valence-corrected chi connectivity index (χ4v) is 2.52. The third-order valence-electron chi connectivity index (χ3n) is 3.19. The SMILES string of the molecule is C/N=C\C(=C/c1cccc(Br)c1)OC(C)COc1cncc(CO)c1. The van der Waals surface area contributed by atoms with Gasteiger partial charge in [0, 0.05) is 17.7 Å². The molecule has 0 fully saturated rings. The molecule has 2 aromatic rings. The molecule has 6 heteroatoms. The zero-order valence-corrected chi connectivity index (χ0v) is 15.8. The summed E-state index contributed by atoms with van der Waals surface area (Å²) >= 11 is 3.46. The molecule has 25 heavy (non-hydrogen) atoms. The van der Waals surface area contributed by atoms with Crippen molar-refractivity contribution in [3.05, 3.63) is 64.1 Å². The van der Waals surface area contributed by atoms with Gasteiger partial charge in [0.05, 0.1) is 19.0 Å². The number of nitrogens with zero attached hydrogens (tertiary/aromatic N) is 2. The van der Waals surface area contributed by atoms with Crippen LogP contribution in [-0.4, -0.2) is 36.1 Å². The summed E-state index contributed by atoms with van der Waals surface area (Å²) < 4.78 is 12.6. The molecule has 1 unspecified atom stereocenters. The van der Waals surface area contributed by atoms with E-state index < -0.39 is 0 Å². The Bertz CT molecular complexity index is 747. The van der Waals surface area contributed by atoms with Gasteiger partial charge in [-0.25, -0.2) is 0 Å². The van der Waals surface area contributed by atoms with Gasteiger partial charge in [0.15, 0.2) is 0 Å². The second-order valence-electron chi connectivity index (χ2n) is 5.42. The number of rotatable bonds is 8. The largest absolute Gasteiger partial charge is 0.488 e. The van der Waals surface area contributed by atoms with Crippen molar-refractivity contribution in [1.82, 2.24) is 4.98 Å². The maximum atomic E-state index is 9.13. The first-order chi connectivity index (χ1) is 12.1. The zero-order chi connectivity index (χ0) is 18.1. The number of halogens is 1. The number of aliphatic hydroxyl groups is 1. The van der Waals surface area contributed by atoms with Gasteiger partial charge >= 0.3 is 0 Å². The van der Waals surface area contributed by atoms with Crippen LogP contribution in [0.2, 0.25) is 0 Å². The van der Waals surface area contributed by atoms with Crippen molar-refractivity contribution in [1.29, 1.82) is 0 Å². The molecule has 1 atom stereocenters. The van der Waals surface area contributed by atoms with E-state index in [9.17, 15) is 0 Å². The average Bonchev–Trinajstić information content (AvgIpc) is 2.60. The number of aromatic nitrogens is 1. The molecule has 0 aliphatic heterocycles. The molecule has 1 N–H and O–H groups in total. The van der Waals surface area contributed by atoms with E-state index in [0.29, 0.717) is 23.7 Å². The minimum Gasteiger partial charge on any atom is -0.488 e. The van der Waals surface area contributed by atoms with Gasteiger partial charge in [-0.2, -0.15) is 0 Å². The third kappa shape index (κ3) is 6.68. The number of hydrogen-bond donors (Lipinski definition) is 1. The lowest BCUT2D eigenvalue weighted by Gasteiger charge is -2.16. The van der Waals surface area contributed by atoms with Gasteiger partial charge in [0.25, 0.3) is 0 Å². The van der Waals surface area contributed by atoms with E-state index in [-0.39, 0.29) is 12.7 Å². The van der Waals surface area contributed by atoms with E-state index in [2.05, 4.69) is 25.9 Å². The van der Waals surface area contributed by atoms with Crippen molar-refractivity contribution in [2.24, 2.45) is 4.99 Å². The van der Waals surface area contributed by atoms with Crippen LogP contribution >= 0.6 is 15.9 Å². The number of benzene rings is 1. The van der Waals surface area contributed by atoms with Crippen LogP contribution in [0.25, 0.3) is 6.08 Å². The molecule has 0 amide bonds. The Hall–Kier alpha value is -2.18. The summed E-state index contributed by atoms with van der Waals surface area (Å²) in [5, 5.41) is 9.13. The molecule has 1 aromatic heterocycles. The number of aliphatic imine (C=N–C) groups is 1. The molecule has 0 saturated heterocycles. The van der Waals surface area contributed by atoms with Crippen LogP contribution in [0.4, 0.5) is 0 Å². The van der Waals surface area contributed by atoms with Crippen LogP contribution in [0.1, 0.15) is 18.1 Å². The average molecular weight is 405 g/mol. The first kappa shape index (κ1) is 19.1. The van der Waals surface area contributed by atoms with Crippen molar-refractivity contribution in [2.45, 2.75) is 19.6 Å². The van der Waals surface area contributed by atoms with Crippen LogP contribution in [0.3, 0.4) is 0 Å². The molecule has 0 bridgehead atoms. The van der Waals surface area contributed by atoms with Gasteiger partial charge in [-0.1, -0.05) is 28.1 Å². The summed E-state index contributed by atoms with van der Waals surface area (Å²) in [6, 6.07) is 9.68. The lowest BCUT2D eigenvalue weighted by molar-refractivity contribution is 0.0944. The fourth-order valence-electron chi connectivity index (χ4n) is 2.10. The second kappa shape index (κ2) is 9.96. The highest BCUT2D eigenvalue weighted by Crippen LogP contribution is 2.16. The number of pyridine rings is 1. The van der Waals surface area contributed by atoms with Crippen molar-refractivity contribution in [2.75, 3.05) is 13.7 Å². The monoisotopic (exact) mass is 404 g/mol. The van der Waals surface area contributed by atoms with E-state index >= 15 is 0 Å². The molecule has 0 aliphatic rings. The maximum absolute atomic E-state index is 9.13. The summed E-state index contributed by atoms with van der Waals surface area (Å²) in [5.74, 6) is 1.25. The summed E-state index contributed by atoms with van der Waals surface area (Å²) in [6.07, 6.45) is 6.61. The first-order valence-corrected chi connectivity index (χ1v) is 8.63. The quantitative estimate of drug-likeness (QED) is 0.535. The van der Waals surface area contributed by atoms with Crippen LogP contribution in [0, 0.1) is 0 Å². The zero-order valence-electron chi connectivity index (χ0n) is 14.2. The van der Waals surface area contributed by atoms with Gasteiger partial charge in [0.2, 0.25) is 0 Å². The Morgan fingerprint density at radius 3 is 2.92 bits per heavy atom. The smallest absolute Gasteiger partial charge is 0.138 e. The summed E-state index contributed by atoms with van der Waals surface area (Å²) in [5.41, 5.74) is 1.72. The second-order valence-corrected chi connectivity index (χ2v) is 6.33. The number of aliphatic hydroxyl groups excluding tert-OH is 1. The van der Waals surface area contributed by atoms with Crippen LogP contribution < -0.4 is 4.74 Å². The highest BCUT2D eigenvalue weighted by molar-refractivity contribution is 9.10. The number of allylic oxidation sites excluding steroid dienone is 1. The predicted octanol–water partition coefficient (Wildman–Crippen LogP) is 3.86. The van der Waals surface area contributed by atoms with Crippen molar-refractivity contribution in [3.8, 4) is 5.75 Å². The number of hydrogen-bond acceptors (Lipinski definition) is 5. The molecular weight excluding hydrogens is 384 g/mol. The molecule has 132 valence electrons. The molecule has 1 heterocycles. The van der Waals surface area contributed by atoms with E-state index in [1.54, 1.807) is 31.7 Å². The molecule has 2 rings (SSSR count). The predicted molar refractivity (Wildman–Crippen MR) is 103 cm³/mol. The van der Waals surface area contributed by atoms with Crippen LogP contribution in [-0.2, 0) is 11.3 Å². The van der Waals surface area contributed by atoms with Crippen molar-refractivity contribution in [3.63, 3.8) is 0 Å². The maximum Gasteiger partial charge on any atom is 0.138 e. The van der Waals surface area contributed by atoms with E-state index in [0.717, 1.165) is 10.0 Å². The standard InChI is InChI=1S/C19H21BrN2O3/c1-14(13-24-18-8-16(12-23)9-22-11-18)25-19(10-21-2)7-15-4-3-5-17(20)6-15/h3-11,14,23H,12-13H2,1-2H3/b19-7+,21-10-. The highest BCUT2D eigenvalue weighted by Gasteiger charge is 2.07. The fraction of sp³-hybridized carbons (Fsp3) is 0.263. The molecule has 0 aliphatic carbocycles. The Morgan fingerprint density at radius 1 is 1.36 bits per heavy atom. The third-order valence-corrected chi connectivity index (χ3v) is 3.68. The molecular formula is C19H21BrN2O3. The molecule has 5 nitrogen and oxygen atoms in total. The topological polar surface area (TPSA) is 63.9 Å². The van der Waals surface area contributed by atoms with E-state index in [1.807, 2.05) is 37.3 Å². The molecule has 0 saturated carbocycles. The molecule has 0 spiro atoms. The summed E-state index contributed by atoms with van der Waals surface area (Å²) in [7, 11) is 1.70. The minimum atomic E-state index is -0.186. The van der Waals surface area contributed by atoms with Crippen LogP contribution in [0.5, 0.6) is 5.75 Å². The lowest BCUT2D eigenvalue weighted by Crippen LogP contribution is -2.18. The Labute approximate surface area is 156 Å². The van der Waals surface area contributed by atoms with Gasteiger partial charge < -0.3 is 14.6 Å². The van der Waals surface area contributed by atoms with E-state index in [4.69, 9.17) is 14.6 Å². The number of ether oxygens (including phenoxy) is 2. The van der Waals surface area contributed by atoms with Crippen molar-refractivity contribution < 1.29 is 14.6 Å². The summed E-state index contributed by atoms with van der Waals surface area (Å²) in [4.78, 5) is 8.07. The van der Waals surface area contributed by atoms with Gasteiger partial charge in [-0.15, -0.1) is 0 Å². The minimum absolute atomic E-state index is 0.0667. The van der Waals surface area contributed by atoms with Gasteiger partial charge in [0.1, 0.15) is 24.2 Å². The van der Waals surface area contributed by atoms with Gasteiger partial charge in [-0.3, -0.25) is 9.98 Å². The Kier molecular flexibility index (Phi) is 7.63. The first-order valence-electron chi connectivity index (χ1n) is 7.84.